The van der Waals surface area contributed by atoms with Gasteiger partial charge in [-0.1, -0.05) is 54.6 Å². The Balaban J connectivity index is 1.86. The van der Waals surface area contributed by atoms with Gasteiger partial charge in [-0.25, -0.2) is 8.78 Å². The van der Waals surface area contributed by atoms with Crippen molar-refractivity contribution in [1.29, 1.82) is 0 Å². The smallest absolute Gasteiger partial charge is 0.159 e. The van der Waals surface area contributed by atoms with Crippen LogP contribution in [0.2, 0.25) is 0 Å². The van der Waals surface area contributed by atoms with Crippen molar-refractivity contribution < 1.29 is 8.78 Å². The molecule has 0 fully saturated rings. The molecule has 0 atom stereocenters. The normalized spacial score (nSPS) is 10.9. The molecule has 0 unspecified atom stereocenters. The molecule has 3 aromatic carbocycles. The van der Waals surface area contributed by atoms with Crippen molar-refractivity contribution in [1.82, 2.24) is 0 Å². The zero-order chi connectivity index (χ0) is 16.8. The fraction of sp³-hybridized carbons (Fsp3) is 0.0500. The molecule has 0 saturated heterocycles. The standard InChI is InChI=1S/C20H16F2N2/c21-19-12-11-17(13-20(19)22)14-23-24(18-9-5-2-6-10-18)15-16-7-3-1-4-8-16/h1-14H,15H2/b23-14+. The fourth-order valence-corrected chi connectivity index (χ4v) is 2.28. The summed E-state index contributed by atoms with van der Waals surface area (Å²) in [6, 6.07) is 23.3. The fourth-order valence-electron chi connectivity index (χ4n) is 2.28. The maximum absolute atomic E-state index is 13.3. The molecule has 0 radical (unpaired) electrons. The van der Waals surface area contributed by atoms with Gasteiger partial charge in [0, 0.05) is 0 Å². The van der Waals surface area contributed by atoms with Crippen molar-refractivity contribution in [2.75, 3.05) is 5.01 Å². The second-order valence-corrected chi connectivity index (χ2v) is 5.30. The van der Waals surface area contributed by atoms with Crippen LogP contribution in [-0.4, -0.2) is 6.21 Å². The van der Waals surface area contributed by atoms with Gasteiger partial charge in [0.1, 0.15) is 0 Å². The summed E-state index contributed by atoms with van der Waals surface area (Å²) >= 11 is 0. The summed E-state index contributed by atoms with van der Waals surface area (Å²) < 4.78 is 26.3. The lowest BCUT2D eigenvalue weighted by Crippen LogP contribution is -2.16. The number of nitrogens with zero attached hydrogens (tertiary/aromatic N) is 2. The van der Waals surface area contributed by atoms with Gasteiger partial charge in [-0.2, -0.15) is 5.10 Å². The van der Waals surface area contributed by atoms with E-state index in [-0.39, 0.29) is 0 Å². The summed E-state index contributed by atoms with van der Waals surface area (Å²) in [5.74, 6) is -1.75. The minimum Gasteiger partial charge on any atom is -0.261 e. The van der Waals surface area contributed by atoms with Gasteiger partial charge < -0.3 is 0 Å². The second-order valence-electron chi connectivity index (χ2n) is 5.30. The van der Waals surface area contributed by atoms with Crippen LogP contribution in [0.15, 0.2) is 84.0 Å². The maximum Gasteiger partial charge on any atom is 0.159 e. The van der Waals surface area contributed by atoms with Crippen molar-refractivity contribution in [2.24, 2.45) is 5.10 Å². The predicted molar refractivity (Wildman–Crippen MR) is 93.0 cm³/mol. The molecule has 2 nitrogen and oxygen atoms in total. The van der Waals surface area contributed by atoms with Crippen molar-refractivity contribution >= 4 is 11.9 Å². The van der Waals surface area contributed by atoms with Gasteiger partial charge in [0.25, 0.3) is 0 Å². The topological polar surface area (TPSA) is 15.6 Å². The van der Waals surface area contributed by atoms with Crippen LogP contribution in [0, 0.1) is 11.6 Å². The first-order valence-corrected chi connectivity index (χ1v) is 7.58. The molecule has 0 heterocycles. The van der Waals surface area contributed by atoms with E-state index in [2.05, 4.69) is 5.10 Å². The summed E-state index contributed by atoms with van der Waals surface area (Å²) in [7, 11) is 0. The van der Waals surface area contributed by atoms with Crippen molar-refractivity contribution in [2.45, 2.75) is 6.54 Å². The van der Waals surface area contributed by atoms with E-state index >= 15 is 0 Å². The number of benzene rings is 3. The minimum atomic E-state index is -0.881. The molecule has 0 aromatic heterocycles. The Morgan fingerprint density at radius 3 is 2.12 bits per heavy atom. The molecule has 0 saturated carbocycles. The molecule has 0 N–H and O–H groups in total. The van der Waals surface area contributed by atoms with Crippen molar-refractivity contribution in [3.8, 4) is 0 Å². The van der Waals surface area contributed by atoms with Crippen molar-refractivity contribution in [3.63, 3.8) is 0 Å². The second kappa shape index (κ2) is 7.51. The van der Waals surface area contributed by atoms with Gasteiger partial charge in [0.2, 0.25) is 0 Å². The molecule has 0 spiro atoms. The third-order valence-electron chi connectivity index (χ3n) is 3.52. The summed E-state index contributed by atoms with van der Waals surface area (Å²) in [5, 5.41) is 6.27. The molecule has 4 heteroatoms. The Kier molecular flexibility index (Phi) is 4.96. The van der Waals surface area contributed by atoms with Gasteiger partial charge in [-0.15, -0.1) is 0 Å². The number of hydrogen-bond donors (Lipinski definition) is 0. The van der Waals surface area contributed by atoms with E-state index in [0.29, 0.717) is 12.1 Å². The lowest BCUT2D eigenvalue weighted by atomic mass is 10.2. The molecule has 3 aromatic rings. The molecular formula is C20H16F2N2. The van der Waals surface area contributed by atoms with E-state index in [9.17, 15) is 8.78 Å². The van der Waals surface area contributed by atoms with E-state index in [1.165, 1.54) is 12.3 Å². The summed E-state index contributed by atoms with van der Waals surface area (Å²) in [5.41, 5.74) is 2.52. The lowest BCUT2D eigenvalue weighted by molar-refractivity contribution is 0.508. The number of hydrogen-bond acceptors (Lipinski definition) is 2. The summed E-state index contributed by atoms with van der Waals surface area (Å²) in [6.45, 7) is 0.574. The number of rotatable bonds is 5. The first kappa shape index (κ1) is 15.9. The highest BCUT2D eigenvalue weighted by Crippen LogP contribution is 2.17. The Bertz CT molecular complexity index is 818. The average Bonchev–Trinajstić information content (AvgIpc) is 2.63. The van der Waals surface area contributed by atoms with Crippen LogP contribution in [-0.2, 0) is 6.54 Å². The van der Waals surface area contributed by atoms with Gasteiger partial charge >= 0.3 is 0 Å². The average molecular weight is 322 g/mol. The molecule has 3 rings (SSSR count). The number of halogens is 2. The zero-order valence-electron chi connectivity index (χ0n) is 12.9. The van der Waals surface area contributed by atoms with E-state index < -0.39 is 11.6 Å². The summed E-state index contributed by atoms with van der Waals surface area (Å²) in [4.78, 5) is 0. The molecule has 120 valence electrons. The highest BCUT2D eigenvalue weighted by atomic mass is 19.2. The molecular weight excluding hydrogens is 306 g/mol. The number of hydrazone groups is 1. The van der Waals surface area contributed by atoms with Gasteiger partial charge in [0.15, 0.2) is 11.6 Å². The molecule has 24 heavy (non-hydrogen) atoms. The number of para-hydroxylation sites is 1. The maximum atomic E-state index is 13.3. The SMILES string of the molecule is Fc1ccc(/C=N/N(Cc2ccccc2)c2ccccc2)cc1F. The minimum absolute atomic E-state index is 0.503. The molecule has 0 bridgehead atoms. The molecule has 0 amide bonds. The Morgan fingerprint density at radius 1 is 0.792 bits per heavy atom. The Labute approximate surface area is 139 Å². The summed E-state index contributed by atoms with van der Waals surface area (Å²) in [6.07, 6.45) is 1.53. The Hall–Kier alpha value is -3.01. The van der Waals surface area contributed by atoms with E-state index in [1.807, 2.05) is 65.7 Å². The van der Waals surface area contributed by atoms with Gasteiger partial charge in [-0.05, 0) is 35.4 Å². The van der Waals surface area contributed by atoms with Crippen LogP contribution in [0.4, 0.5) is 14.5 Å². The quantitative estimate of drug-likeness (QED) is 0.476. The monoisotopic (exact) mass is 322 g/mol. The predicted octanol–water partition coefficient (Wildman–Crippen LogP) is 5.01. The van der Waals surface area contributed by atoms with E-state index in [1.54, 1.807) is 0 Å². The van der Waals surface area contributed by atoms with Gasteiger partial charge in [0.05, 0.1) is 18.4 Å². The third-order valence-corrected chi connectivity index (χ3v) is 3.52. The van der Waals surface area contributed by atoms with Gasteiger partial charge in [-0.3, -0.25) is 5.01 Å². The van der Waals surface area contributed by atoms with Crippen LogP contribution in [0.5, 0.6) is 0 Å². The first-order chi connectivity index (χ1) is 11.7. The van der Waals surface area contributed by atoms with Crippen molar-refractivity contribution in [3.05, 3.63) is 102 Å². The highest BCUT2D eigenvalue weighted by Gasteiger charge is 2.06. The lowest BCUT2D eigenvalue weighted by Gasteiger charge is -2.19. The van der Waals surface area contributed by atoms with Crippen LogP contribution in [0.1, 0.15) is 11.1 Å². The molecule has 0 aliphatic rings. The number of anilines is 1. The van der Waals surface area contributed by atoms with Crippen LogP contribution < -0.4 is 5.01 Å². The zero-order valence-corrected chi connectivity index (χ0v) is 12.9. The van der Waals surface area contributed by atoms with E-state index in [0.717, 1.165) is 23.4 Å². The molecule has 0 aliphatic carbocycles. The van der Waals surface area contributed by atoms with E-state index in [4.69, 9.17) is 0 Å². The Morgan fingerprint density at radius 2 is 1.46 bits per heavy atom. The largest absolute Gasteiger partial charge is 0.261 e. The van der Waals surface area contributed by atoms with Crippen LogP contribution in [0.3, 0.4) is 0 Å². The van der Waals surface area contributed by atoms with Crippen LogP contribution >= 0.6 is 0 Å². The van der Waals surface area contributed by atoms with Crippen LogP contribution in [0.25, 0.3) is 0 Å². The third kappa shape index (κ3) is 4.04. The first-order valence-electron chi connectivity index (χ1n) is 7.58. The highest BCUT2D eigenvalue weighted by molar-refractivity contribution is 5.80. The molecule has 0 aliphatic heterocycles.